The highest BCUT2D eigenvalue weighted by atomic mass is 16.5. The Kier molecular flexibility index (Phi) is 6.11. The lowest BCUT2D eigenvalue weighted by Gasteiger charge is -2.11. The molecule has 1 fully saturated rings. The first-order chi connectivity index (χ1) is 15.5. The van der Waals surface area contributed by atoms with Gasteiger partial charge in [0.1, 0.15) is 5.75 Å². The van der Waals surface area contributed by atoms with E-state index >= 15 is 0 Å². The van der Waals surface area contributed by atoms with E-state index in [9.17, 15) is 9.59 Å². The van der Waals surface area contributed by atoms with Gasteiger partial charge < -0.3 is 25.8 Å². The number of carbonyl (C=O) groups excluding carboxylic acids is 2. The zero-order valence-electron chi connectivity index (χ0n) is 17.4. The number of amides is 1. The van der Waals surface area contributed by atoms with E-state index in [1.807, 2.05) is 12.1 Å². The van der Waals surface area contributed by atoms with Gasteiger partial charge in [-0.15, -0.1) is 0 Å². The number of methoxy groups -OCH3 is 1. The quantitative estimate of drug-likeness (QED) is 0.456. The van der Waals surface area contributed by atoms with Crippen molar-refractivity contribution in [3.63, 3.8) is 0 Å². The summed E-state index contributed by atoms with van der Waals surface area (Å²) in [5.74, 6) is 0.541. The number of nitrogens with two attached hydrogens (primary N) is 1. The van der Waals surface area contributed by atoms with Crippen LogP contribution in [0, 0.1) is 5.92 Å². The summed E-state index contributed by atoms with van der Waals surface area (Å²) >= 11 is 0. The Morgan fingerprint density at radius 3 is 2.53 bits per heavy atom. The van der Waals surface area contributed by atoms with Crippen molar-refractivity contribution in [2.24, 2.45) is 5.92 Å². The van der Waals surface area contributed by atoms with Gasteiger partial charge in [-0.05, 0) is 49.2 Å². The Balaban J connectivity index is 1.37. The molecule has 1 heterocycles. The van der Waals surface area contributed by atoms with Crippen molar-refractivity contribution in [3.8, 4) is 5.75 Å². The number of ether oxygens (including phenoxy) is 2. The number of esters is 1. The summed E-state index contributed by atoms with van der Waals surface area (Å²) in [4.78, 5) is 36.5. The normalized spacial score (nSPS) is 12.7. The molecular formula is C22H22N6O4. The number of carbonyl (C=O) groups is 2. The van der Waals surface area contributed by atoms with Crippen LogP contribution in [0.3, 0.4) is 0 Å². The third kappa shape index (κ3) is 5.28. The Morgan fingerprint density at radius 2 is 1.81 bits per heavy atom. The number of nitrogens with one attached hydrogen (secondary N) is 2. The number of rotatable bonds is 8. The SMILES string of the molecule is COc1ccccc1Nc1nc(N)nc(COC(=O)c2ccc(NC(=O)C3CC3)cc2)n1. The number of anilines is 4. The third-order valence-electron chi connectivity index (χ3n) is 4.72. The number of nitrogen functional groups attached to an aromatic ring is 1. The molecule has 0 atom stereocenters. The molecule has 0 spiro atoms. The van der Waals surface area contributed by atoms with E-state index in [2.05, 4.69) is 25.6 Å². The first-order valence-corrected chi connectivity index (χ1v) is 10.0. The lowest BCUT2D eigenvalue weighted by atomic mass is 10.2. The van der Waals surface area contributed by atoms with Crippen molar-refractivity contribution in [2.45, 2.75) is 19.4 Å². The minimum atomic E-state index is -0.553. The van der Waals surface area contributed by atoms with E-state index in [0.717, 1.165) is 12.8 Å². The molecule has 164 valence electrons. The van der Waals surface area contributed by atoms with Gasteiger partial charge in [0, 0.05) is 11.6 Å². The summed E-state index contributed by atoms with van der Waals surface area (Å²) in [7, 11) is 1.56. The average molecular weight is 434 g/mol. The van der Waals surface area contributed by atoms with Crippen molar-refractivity contribution in [1.82, 2.24) is 15.0 Å². The number of nitrogens with zero attached hydrogens (tertiary/aromatic N) is 3. The standard InChI is InChI=1S/C22H22N6O4/c1-31-17-5-3-2-4-16(17)25-22-27-18(26-21(23)28-22)12-32-20(30)14-8-10-15(11-9-14)24-19(29)13-6-7-13/h2-5,8-11,13H,6-7,12H2,1H3,(H,24,29)(H3,23,25,26,27,28). The van der Waals surface area contributed by atoms with E-state index in [1.165, 1.54) is 0 Å². The van der Waals surface area contributed by atoms with Crippen molar-refractivity contribution in [2.75, 3.05) is 23.5 Å². The molecule has 4 N–H and O–H groups in total. The van der Waals surface area contributed by atoms with Crippen LogP contribution in [-0.2, 0) is 16.1 Å². The van der Waals surface area contributed by atoms with Gasteiger partial charge in [-0.25, -0.2) is 4.79 Å². The molecule has 4 rings (SSSR count). The summed E-state index contributed by atoms with van der Waals surface area (Å²) in [6.07, 6.45) is 1.85. The lowest BCUT2D eigenvalue weighted by Crippen LogP contribution is -2.13. The molecule has 0 saturated heterocycles. The average Bonchev–Trinajstić information content (AvgIpc) is 3.64. The first kappa shape index (κ1) is 21.0. The predicted octanol–water partition coefficient (Wildman–Crippen LogP) is 2.91. The van der Waals surface area contributed by atoms with Gasteiger partial charge in [-0.3, -0.25) is 4.79 Å². The molecule has 1 amide bonds. The number of hydrogen-bond acceptors (Lipinski definition) is 9. The van der Waals surface area contributed by atoms with Gasteiger partial charge in [0.2, 0.25) is 17.8 Å². The molecule has 0 radical (unpaired) electrons. The van der Waals surface area contributed by atoms with Crippen LogP contribution in [0.1, 0.15) is 29.0 Å². The maximum atomic E-state index is 12.4. The summed E-state index contributed by atoms with van der Waals surface area (Å²) in [6, 6.07) is 13.8. The zero-order chi connectivity index (χ0) is 22.5. The Bertz CT molecular complexity index is 1130. The van der Waals surface area contributed by atoms with Crippen molar-refractivity contribution in [1.29, 1.82) is 0 Å². The highest BCUT2D eigenvalue weighted by Gasteiger charge is 2.29. The molecule has 0 unspecified atom stereocenters. The summed E-state index contributed by atoms with van der Waals surface area (Å²) in [5, 5.41) is 5.84. The zero-order valence-corrected chi connectivity index (χ0v) is 17.4. The second-order valence-electron chi connectivity index (χ2n) is 7.18. The van der Waals surface area contributed by atoms with Gasteiger partial charge in [0.15, 0.2) is 12.4 Å². The monoisotopic (exact) mass is 434 g/mol. The van der Waals surface area contributed by atoms with E-state index in [4.69, 9.17) is 15.2 Å². The van der Waals surface area contributed by atoms with Crippen LogP contribution >= 0.6 is 0 Å². The minimum Gasteiger partial charge on any atom is -0.495 e. The van der Waals surface area contributed by atoms with Gasteiger partial charge in [-0.1, -0.05) is 12.1 Å². The maximum absolute atomic E-state index is 12.4. The fourth-order valence-electron chi connectivity index (χ4n) is 2.92. The van der Waals surface area contributed by atoms with Crippen LogP contribution in [0.25, 0.3) is 0 Å². The smallest absolute Gasteiger partial charge is 0.338 e. The highest BCUT2D eigenvalue weighted by molar-refractivity contribution is 5.95. The number of para-hydroxylation sites is 2. The molecule has 1 aromatic heterocycles. The number of hydrogen-bond donors (Lipinski definition) is 3. The molecule has 1 aliphatic carbocycles. The largest absolute Gasteiger partial charge is 0.495 e. The van der Waals surface area contributed by atoms with Crippen LogP contribution in [0.15, 0.2) is 48.5 Å². The van der Waals surface area contributed by atoms with Crippen LogP contribution in [0.2, 0.25) is 0 Å². The molecule has 32 heavy (non-hydrogen) atoms. The fourth-order valence-corrected chi connectivity index (χ4v) is 2.92. The highest BCUT2D eigenvalue weighted by Crippen LogP contribution is 2.30. The van der Waals surface area contributed by atoms with Crippen LogP contribution < -0.4 is 21.1 Å². The Labute approximate surface area is 184 Å². The summed E-state index contributed by atoms with van der Waals surface area (Å²) < 4.78 is 10.6. The second kappa shape index (κ2) is 9.29. The van der Waals surface area contributed by atoms with E-state index in [-0.39, 0.29) is 36.2 Å². The Morgan fingerprint density at radius 1 is 1.06 bits per heavy atom. The molecule has 10 nitrogen and oxygen atoms in total. The van der Waals surface area contributed by atoms with Gasteiger partial charge in [-0.2, -0.15) is 15.0 Å². The topological polar surface area (TPSA) is 141 Å². The number of aromatic nitrogens is 3. The van der Waals surface area contributed by atoms with E-state index < -0.39 is 5.97 Å². The molecule has 0 bridgehead atoms. The first-order valence-electron chi connectivity index (χ1n) is 10.0. The molecule has 10 heteroatoms. The van der Waals surface area contributed by atoms with E-state index in [0.29, 0.717) is 22.7 Å². The van der Waals surface area contributed by atoms with Crippen LogP contribution in [0.4, 0.5) is 23.3 Å². The summed E-state index contributed by atoms with van der Waals surface area (Å²) in [5.41, 5.74) is 7.40. The molecule has 2 aromatic carbocycles. The molecule has 0 aliphatic heterocycles. The van der Waals surface area contributed by atoms with Gasteiger partial charge in [0.25, 0.3) is 0 Å². The number of benzene rings is 2. The fraction of sp³-hybridized carbons (Fsp3) is 0.227. The molecule has 1 aliphatic rings. The van der Waals surface area contributed by atoms with Crippen LogP contribution in [0.5, 0.6) is 5.75 Å². The second-order valence-corrected chi connectivity index (χ2v) is 7.18. The molecule has 1 saturated carbocycles. The van der Waals surface area contributed by atoms with E-state index in [1.54, 1.807) is 43.5 Å². The van der Waals surface area contributed by atoms with Crippen molar-refractivity contribution < 1.29 is 19.1 Å². The molecule has 3 aromatic rings. The lowest BCUT2D eigenvalue weighted by molar-refractivity contribution is -0.117. The van der Waals surface area contributed by atoms with Gasteiger partial charge >= 0.3 is 5.97 Å². The third-order valence-corrected chi connectivity index (χ3v) is 4.72. The van der Waals surface area contributed by atoms with Gasteiger partial charge in [0.05, 0.1) is 18.4 Å². The summed E-state index contributed by atoms with van der Waals surface area (Å²) in [6.45, 7) is -0.188. The van der Waals surface area contributed by atoms with Crippen molar-refractivity contribution >= 4 is 35.1 Å². The predicted molar refractivity (Wildman–Crippen MR) is 117 cm³/mol. The molecular weight excluding hydrogens is 412 g/mol. The maximum Gasteiger partial charge on any atom is 0.338 e. The Hall–Kier alpha value is -4.21. The van der Waals surface area contributed by atoms with Crippen LogP contribution in [-0.4, -0.2) is 33.9 Å². The van der Waals surface area contributed by atoms with Crippen molar-refractivity contribution in [3.05, 3.63) is 59.9 Å². The minimum absolute atomic E-state index is 0.00490.